The van der Waals surface area contributed by atoms with Crippen LogP contribution in [0.25, 0.3) is 11.1 Å². The van der Waals surface area contributed by atoms with Gasteiger partial charge in [0, 0.05) is 0 Å². The minimum absolute atomic E-state index is 0.0357. The van der Waals surface area contributed by atoms with Gasteiger partial charge in [0.25, 0.3) is 5.91 Å². The summed E-state index contributed by atoms with van der Waals surface area (Å²) in [4.78, 5) is 24.0. The molecule has 2 radical (unpaired) electrons. The molecule has 6 heteroatoms. The molecule has 0 aliphatic carbocycles. The van der Waals surface area contributed by atoms with E-state index in [2.05, 4.69) is 5.32 Å². The van der Waals surface area contributed by atoms with E-state index < -0.39 is 11.9 Å². The zero-order chi connectivity index (χ0) is 18.7. The number of carboxylic acids is 1. The minimum atomic E-state index is -1.17. The second kappa shape index (κ2) is 7.15. The Labute approximate surface area is 151 Å². The normalized spacial score (nSPS) is 10.3. The lowest BCUT2D eigenvalue weighted by Gasteiger charge is -2.12. The van der Waals surface area contributed by atoms with Crippen LogP contribution >= 0.6 is 0 Å². The van der Waals surface area contributed by atoms with Crippen LogP contribution in [0.2, 0.25) is 0 Å². The number of carbonyl (C=O) groups is 2. The number of carbonyl (C=O) groups excluding carboxylic acids is 1. The summed E-state index contributed by atoms with van der Waals surface area (Å²) in [5, 5.41) is 21.8. The first-order valence-corrected chi connectivity index (χ1v) is 7.78. The average molecular weight is 343 g/mol. The van der Waals surface area contributed by atoms with Gasteiger partial charge in [-0.15, -0.1) is 0 Å². The Hall–Kier alpha value is -3.54. The number of anilines is 1. The number of hydrogen-bond acceptors (Lipinski definition) is 3. The predicted molar refractivity (Wildman–Crippen MR) is 100 cm³/mol. The number of aromatic carboxylic acids is 1. The molecule has 1 amide bonds. The third kappa shape index (κ3) is 3.59. The number of amides is 1. The lowest BCUT2D eigenvalue weighted by molar-refractivity contribution is 0.0698. The molecule has 3 rings (SSSR count). The maximum Gasteiger partial charge on any atom is 0.337 e. The van der Waals surface area contributed by atoms with Crippen molar-refractivity contribution < 1.29 is 19.8 Å². The van der Waals surface area contributed by atoms with Gasteiger partial charge in [0.05, 0.1) is 16.8 Å². The summed E-state index contributed by atoms with van der Waals surface area (Å²) < 4.78 is 0. The predicted octanol–water partition coefficient (Wildman–Crippen LogP) is 2.80. The Morgan fingerprint density at radius 1 is 0.846 bits per heavy atom. The molecule has 0 spiro atoms. The van der Waals surface area contributed by atoms with Crippen molar-refractivity contribution in [2.45, 2.75) is 0 Å². The Morgan fingerprint density at radius 2 is 1.58 bits per heavy atom. The van der Waals surface area contributed by atoms with Crippen LogP contribution in [-0.2, 0) is 0 Å². The van der Waals surface area contributed by atoms with Crippen LogP contribution in [0.1, 0.15) is 20.7 Å². The van der Waals surface area contributed by atoms with Crippen LogP contribution in [-0.4, -0.2) is 29.9 Å². The molecule has 0 aromatic heterocycles. The van der Waals surface area contributed by atoms with Crippen LogP contribution in [0, 0.1) is 0 Å². The van der Waals surface area contributed by atoms with E-state index in [9.17, 15) is 19.8 Å². The fourth-order valence-electron chi connectivity index (χ4n) is 2.57. The van der Waals surface area contributed by atoms with Gasteiger partial charge in [-0.2, -0.15) is 0 Å². The van der Waals surface area contributed by atoms with E-state index in [1.54, 1.807) is 12.1 Å². The molecular weight excluding hydrogens is 329 g/mol. The van der Waals surface area contributed by atoms with E-state index in [1.165, 1.54) is 24.3 Å². The molecule has 0 saturated heterocycles. The molecule has 5 nitrogen and oxygen atoms in total. The zero-order valence-corrected chi connectivity index (χ0v) is 13.6. The summed E-state index contributed by atoms with van der Waals surface area (Å²) in [6.45, 7) is 0. The number of benzene rings is 3. The number of rotatable bonds is 4. The molecule has 126 valence electrons. The monoisotopic (exact) mass is 343 g/mol. The highest BCUT2D eigenvalue weighted by Crippen LogP contribution is 2.27. The first kappa shape index (κ1) is 17.3. The maximum absolute atomic E-state index is 12.5. The van der Waals surface area contributed by atoms with E-state index in [0.717, 1.165) is 11.1 Å². The SMILES string of the molecule is [B]c1ccc(O)c(C(=O)Nc2cc(-c3ccccc3)ccc2C(=O)O)c1. The standard InChI is InChI=1S/C20H14BNO4/c21-14-7-9-18(23)16(11-14)19(24)22-17-10-13(6-8-15(17)20(25)26)12-4-2-1-3-5-12/h1-11,23H,(H,22,24)(H,25,26). The molecule has 26 heavy (non-hydrogen) atoms. The molecule has 3 N–H and O–H groups in total. The van der Waals surface area contributed by atoms with Crippen molar-refractivity contribution in [1.82, 2.24) is 0 Å². The third-order valence-electron chi connectivity index (χ3n) is 3.87. The fourth-order valence-corrected chi connectivity index (χ4v) is 2.57. The molecule has 3 aromatic carbocycles. The number of phenols is 1. The summed E-state index contributed by atoms with van der Waals surface area (Å²) in [6, 6.07) is 18.1. The van der Waals surface area contributed by atoms with Crippen LogP contribution in [0.15, 0.2) is 66.7 Å². The molecule has 0 heterocycles. The molecule has 0 saturated carbocycles. The molecule has 0 fully saturated rings. The average Bonchev–Trinajstić information content (AvgIpc) is 2.64. The number of carboxylic acid groups (broad SMARTS) is 1. The van der Waals surface area contributed by atoms with Crippen LogP contribution in [0.5, 0.6) is 5.75 Å². The number of phenolic OH excluding ortho intramolecular Hbond substituents is 1. The van der Waals surface area contributed by atoms with Gasteiger partial charge >= 0.3 is 5.97 Å². The Balaban J connectivity index is 2.01. The highest BCUT2D eigenvalue weighted by molar-refractivity contribution is 6.33. The second-order valence-corrected chi connectivity index (χ2v) is 5.66. The van der Waals surface area contributed by atoms with Crippen molar-refractivity contribution in [3.8, 4) is 16.9 Å². The van der Waals surface area contributed by atoms with Crippen LogP contribution in [0.3, 0.4) is 0 Å². The summed E-state index contributed by atoms with van der Waals surface area (Å²) >= 11 is 0. The van der Waals surface area contributed by atoms with Gasteiger partial charge in [0.2, 0.25) is 0 Å². The second-order valence-electron chi connectivity index (χ2n) is 5.66. The highest BCUT2D eigenvalue weighted by Gasteiger charge is 2.17. The van der Waals surface area contributed by atoms with Crippen molar-refractivity contribution in [3.63, 3.8) is 0 Å². The van der Waals surface area contributed by atoms with Crippen molar-refractivity contribution in [1.29, 1.82) is 0 Å². The van der Waals surface area contributed by atoms with E-state index in [4.69, 9.17) is 7.85 Å². The summed E-state index contributed by atoms with van der Waals surface area (Å²) in [7, 11) is 5.65. The van der Waals surface area contributed by atoms with Crippen LogP contribution in [0.4, 0.5) is 5.69 Å². The quantitative estimate of drug-likeness (QED) is 0.636. The topological polar surface area (TPSA) is 86.6 Å². The first-order valence-electron chi connectivity index (χ1n) is 7.78. The third-order valence-corrected chi connectivity index (χ3v) is 3.87. The molecule has 0 unspecified atom stereocenters. The minimum Gasteiger partial charge on any atom is -0.507 e. The smallest absolute Gasteiger partial charge is 0.337 e. The van der Waals surface area contributed by atoms with E-state index in [0.29, 0.717) is 5.46 Å². The molecule has 0 aliphatic heterocycles. The summed E-state index contributed by atoms with van der Waals surface area (Å²) in [5.74, 6) is -2.06. The van der Waals surface area contributed by atoms with Crippen molar-refractivity contribution in [2.75, 3.05) is 5.32 Å². The maximum atomic E-state index is 12.5. The highest BCUT2D eigenvalue weighted by atomic mass is 16.4. The van der Waals surface area contributed by atoms with Crippen molar-refractivity contribution in [3.05, 3.63) is 77.9 Å². The van der Waals surface area contributed by atoms with E-state index in [1.807, 2.05) is 30.3 Å². The Morgan fingerprint density at radius 3 is 2.27 bits per heavy atom. The summed E-state index contributed by atoms with van der Waals surface area (Å²) in [5.41, 5.74) is 1.98. The number of nitrogens with one attached hydrogen (secondary N) is 1. The lowest BCUT2D eigenvalue weighted by atomic mass is 9.93. The number of hydrogen-bond donors (Lipinski definition) is 3. The van der Waals surface area contributed by atoms with Crippen molar-refractivity contribution >= 4 is 30.9 Å². The molecule has 0 bridgehead atoms. The van der Waals surface area contributed by atoms with Gasteiger partial charge in [-0.05, 0) is 29.3 Å². The number of aromatic hydroxyl groups is 1. The van der Waals surface area contributed by atoms with Gasteiger partial charge in [0.1, 0.15) is 13.6 Å². The zero-order valence-electron chi connectivity index (χ0n) is 13.6. The fraction of sp³-hybridized carbons (Fsp3) is 0. The van der Waals surface area contributed by atoms with Crippen molar-refractivity contribution in [2.24, 2.45) is 0 Å². The molecule has 3 aromatic rings. The van der Waals surface area contributed by atoms with Gasteiger partial charge in [0.15, 0.2) is 0 Å². The molecule has 0 atom stereocenters. The largest absolute Gasteiger partial charge is 0.507 e. The lowest BCUT2D eigenvalue weighted by Crippen LogP contribution is -2.17. The Bertz CT molecular complexity index is 986. The van der Waals surface area contributed by atoms with E-state index >= 15 is 0 Å². The van der Waals surface area contributed by atoms with Gasteiger partial charge in [-0.1, -0.05) is 54.0 Å². The van der Waals surface area contributed by atoms with Gasteiger partial charge in [-0.25, -0.2) is 4.79 Å². The molecular formula is C20H14BNO4. The Kier molecular flexibility index (Phi) is 4.75. The molecule has 0 aliphatic rings. The van der Waals surface area contributed by atoms with Gasteiger partial charge < -0.3 is 15.5 Å². The van der Waals surface area contributed by atoms with Gasteiger partial charge in [-0.3, -0.25) is 4.79 Å². The van der Waals surface area contributed by atoms with E-state index in [-0.39, 0.29) is 22.6 Å². The van der Waals surface area contributed by atoms with Crippen LogP contribution < -0.4 is 10.8 Å². The summed E-state index contributed by atoms with van der Waals surface area (Å²) in [6.07, 6.45) is 0. The first-order chi connectivity index (χ1) is 12.5.